The molecule has 0 saturated carbocycles. The molecule has 0 fully saturated rings. The van der Waals surface area contributed by atoms with Crippen molar-refractivity contribution in [2.24, 2.45) is 5.41 Å². The maximum atomic E-state index is 2.31. The van der Waals surface area contributed by atoms with Crippen LogP contribution in [0.5, 0.6) is 0 Å². The van der Waals surface area contributed by atoms with Crippen molar-refractivity contribution in [3.05, 3.63) is 65.6 Å². The van der Waals surface area contributed by atoms with Gasteiger partial charge in [0, 0.05) is 5.92 Å². The Kier molecular flexibility index (Phi) is 3.95. The van der Waals surface area contributed by atoms with E-state index in [0.717, 1.165) is 0 Å². The SMILES string of the molecule is CC(C)(C)C1=C[CH]C(c2ccc(C(C)(C)C)cc2)C=C1. The van der Waals surface area contributed by atoms with Gasteiger partial charge in [-0.25, -0.2) is 0 Å². The van der Waals surface area contributed by atoms with Crippen molar-refractivity contribution in [2.45, 2.75) is 52.9 Å². The highest BCUT2D eigenvalue weighted by Gasteiger charge is 2.20. The summed E-state index contributed by atoms with van der Waals surface area (Å²) in [6.45, 7) is 13.5. The summed E-state index contributed by atoms with van der Waals surface area (Å²) in [4.78, 5) is 0. The minimum atomic E-state index is 0.226. The second-order valence-electron chi connectivity index (χ2n) is 7.82. The van der Waals surface area contributed by atoms with Gasteiger partial charge in [-0.2, -0.15) is 0 Å². The lowest BCUT2D eigenvalue weighted by Gasteiger charge is -2.25. The number of benzene rings is 1. The van der Waals surface area contributed by atoms with Crippen LogP contribution < -0.4 is 0 Å². The van der Waals surface area contributed by atoms with E-state index in [1.807, 2.05) is 0 Å². The third-order valence-corrected chi connectivity index (χ3v) is 3.99. The summed E-state index contributed by atoms with van der Waals surface area (Å²) < 4.78 is 0. The van der Waals surface area contributed by atoms with Crippen LogP contribution in [0, 0.1) is 11.8 Å². The molecule has 0 aromatic heterocycles. The zero-order chi connectivity index (χ0) is 15.0. The molecule has 0 amide bonds. The third-order valence-electron chi connectivity index (χ3n) is 3.99. The molecule has 0 aliphatic heterocycles. The number of hydrogen-bond donors (Lipinski definition) is 0. The zero-order valence-corrected chi connectivity index (χ0v) is 13.7. The van der Waals surface area contributed by atoms with Gasteiger partial charge in [0.1, 0.15) is 0 Å². The maximum absolute atomic E-state index is 2.31. The lowest BCUT2D eigenvalue weighted by Crippen LogP contribution is -2.12. The van der Waals surface area contributed by atoms with E-state index in [0.29, 0.717) is 5.92 Å². The van der Waals surface area contributed by atoms with Gasteiger partial charge in [-0.3, -0.25) is 0 Å². The van der Waals surface area contributed by atoms with Crippen molar-refractivity contribution in [3.8, 4) is 0 Å². The fraction of sp³-hybridized carbons (Fsp3) is 0.450. The van der Waals surface area contributed by atoms with Crippen molar-refractivity contribution >= 4 is 0 Å². The van der Waals surface area contributed by atoms with Crippen LogP contribution in [0.15, 0.2) is 48.1 Å². The molecule has 1 aromatic rings. The van der Waals surface area contributed by atoms with Gasteiger partial charge in [0.15, 0.2) is 0 Å². The van der Waals surface area contributed by atoms with Gasteiger partial charge in [0.25, 0.3) is 0 Å². The molecule has 0 bridgehead atoms. The standard InChI is InChI=1S/C20H27/c1-19(2,3)17-11-7-15(8-12-17)16-9-13-18(14-10-16)20(4,5)6/h7-15H,1-6H3. The molecule has 1 radical (unpaired) electrons. The van der Waals surface area contributed by atoms with Crippen LogP contribution in [0.1, 0.15) is 58.6 Å². The van der Waals surface area contributed by atoms with E-state index in [1.165, 1.54) is 16.7 Å². The van der Waals surface area contributed by atoms with E-state index < -0.39 is 0 Å². The van der Waals surface area contributed by atoms with Gasteiger partial charge in [-0.1, -0.05) is 84.0 Å². The van der Waals surface area contributed by atoms with Gasteiger partial charge in [-0.05, 0) is 34.0 Å². The van der Waals surface area contributed by atoms with Crippen LogP contribution in [0.4, 0.5) is 0 Å². The first kappa shape index (κ1) is 15.1. The molecule has 1 aromatic carbocycles. The lowest BCUT2D eigenvalue weighted by atomic mass is 9.79. The third kappa shape index (κ3) is 3.42. The summed E-state index contributed by atoms with van der Waals surface area (Å²) in [6.07, 6.45) is 9.18. The molecule has 1 atom stereocenters. The normalized spacial score (nSPS) is 19.9. The lowest BCUT2D eigenvalue weighted by molar-refractivity contribution is 0.514. The summed E-state index contributed by atoms with van der Waals surface area (Å²) in [6, 6.07) is 9.06. The van der Waals surface area contributed by atoms with Gasteiger partial charge in [0.05, 0.1) is 0 Å². The quantitative estimate of drug-likeness (QED) is 0.602. The van der Waals surface area contributed by atoms with Crippen molar-refractivity contribution in [1.82, 2.24) is 0 Å². The molecule has 107 valence electrons. The van der Waals surface area contributed by atoms with E-state index in [4.69, 9.17) is 0 Å². The first-order valence-electron chi connectivity index (χ1n) is 7.52. The van der Waals surface area contributed by atoms with Crippen LogP contribution in [0.2, 0.25) is 0 Å². The Bertz CT molecular complexity index is 513. The van der Waals surface area contributed by atoms with Gasteiger partial charge in [-0.15, -0.1) is 0 Å². The molecule has 0 N–H and O–H groups in total. The Hall–Kier alpha value is -1.30. The second-order valence-corrected chi connectivity index (χ2v) is 7.82. The van der Waals surface area contributed by atoms with Crippen LogP contribution in [-0.2, 0) is 5.41 Å². The average molecular weight is 267 g/mol. The Labute approximate surface area is 124 Å². The monoisotopic (exact) mass is 267 g/mol. The average Bonchev–Trinajstić information content (AvgIpc) is 2.37. The Morgan fingerprint density at radius 3 is 1.80 bits per heavy atom. The Balaban J connectivity index is 2.13. The molecule has 0 nitrogen and oxygen atoms in total. The molecule has 1 aliphatic rings. The fourth-order valence-electron chi connectivity index (χ4n) is 2.46. The van der Waals surface area contributed by atoms with Crippen molar-refractivity contribution in [2.75, 3.05) is 0 Å². The van der Waals surface area contributed by atoms with Crippen LogP contribution in [0.25, 0.3) is 0 Å². The molecule has 0 spiro atoms. The van der Waals surface area contributed by atoms with Crippen LogP contribution in [-0.4, -0.2) is 0 Å². The molecular formula is C20H27. The number of rotatable bonds is 1. The molecule has 20 heavy (non-hydrogen) atoms. The maximum Gasteiger partial charge on any atom is 0.00902 e. The Morgan fingerprint density at radius 2 is 1.40 bits per heavy atom. The summed E-state index contributed by atoms with van der Waals surface area (Å²) in [5.74, 6) is 0.412. The molecule has 0 saturated heterocycles. The summed E-state index contributed by atoms with van der Waals surface area (Å²) in [7, 11) is 0. The van der Waals surface area contributed by atoms with Crippen molar-refractivity contribution in [1.29, 1.82) is 0 Å². The minimum absolute atomic E-state index is 0.226. The molecule has 0 heterocycles. The predicted octanol–water partition coefficient (Wildman–Crippen LogP) is 5.81. The molecule has 2 rings (SSSR count). The van der Waals surface area contributed by atoms with E-state index >= 15 is 0 Å². The van der Waals surface area contributed by atoms with Gasteiger partial charge < -0.3 is 0 Å². The molecule has 1 unspecified atom stereocenters. The van der Waals surface area contributed by atoms with Crippen LogP contribution in [0.3, 0.4) is 0 Å². The highest BCUT2D eigenvalue weighted by Crippen LogP contribution is 2.34. The van der Waals surface area contributed by atoms with E-state index in [-0.39, 0.29) is 10.8 Å². The largest absolute Gasteiger partial charge is 0.0761 e. The molecule has 1 aliphatic carbocycles. The fourth-order valence-corrected chi connectivity index (χ4v) is 2.46. The summed E-state index contributed by atoms with van der Waals surface area (Å²) in [5, 5.41) is 0. The zero-order valence-electron chi connectivity index (χ0n) is 13.7. The topological polar surface area (TPSA) is 0 Å². The van der Waals surface area contributed by atoms with E-state index in [1.54, 1.807) is 0 Å². The number of hydrogen-bond acceptors (Lipinski definition) is 0. The first-order chi connectivity index (χ1) is 9.18. The highest BCUT2D eigenvalue weighted by atomic mass is 14.2. The Morgan fingerprint density at radius 1 is 0.800 bits per heavy atom. The van der Waals surface area contributed by atoms with Crippen LogP contribution >= 0.6 is 0 Å². The first-order valence-corrected chi connectivity index (χ1v) is 7.52. The van der Waals surface area contributed by atoms with E-state index in [2.05, 4.69) is 90.5 Å². The summed E-state index contributed by atoms with van der Waals surface area (Å²) >= 11 is 0. The van der Waals surface area contributed by atoms with Gasteiger partial charge in [0.2, 0.25) is 0 Å². The molecular weight excluding hydrogens is 240 g/mol. The second kappa shape index (κ2) is 5.24. The van der Waals surface area contributed by atoms with Crippen molar-refractivity contribution < 1.29 is 0 Å². The minimum Gasteiger partial charge on any atom is -0.0761 e. The summed E-state index contributed by atoms with van der Waals surface area (Å²) in [5.41, 5.74) is 4.63. The molecule has 0 heteroatoms. The smallest absolute Gasteiger partial charge is 0.00902 e. The highest BCUT2D eigenvalue weighted by molar-refractivity contribution is 5.41. The predicted molar refractivity (Wildman–Crippen MR) is 88.9 cm³/mol. The number of allylic oxidation sites excluding steroid dienone is 4. The van der Waals surface area contributed by atoms with Crippen molar-refractivity contribution in [3.63, 3.8) is 0 Å². The van der Waals surface area contributed by atoms with E-state index in [9.17, 15) is 0 Å². The van der Waals surface area contributed by atoms with Gasteiger partial charge >= 0.3 is 0 Å².